The Morgan fingerprint density at radius 2 is 1.79 bits per heavy atom. The van der Waals surface area contributed by atoms with Crippen molar-refractivity contribution < 1.29 is 28.2 Å². The topological polar surface area (TPSA) is 84.9 Å². The van der Waals surface area contributed by atoms with E-state index in [1.807, 2.05) is 26.0 Å². The zero-order valence-corrected chi connectivity index (χ0v) is 23.2. The van der Waals surface area contributed by atoms with Crippen LogP contribution in [0.5, 0.6) is 11.5 Å². The Balaban J connectivity index is 1.42. The van der Waals surface area contributed by atoms with Gasteiger partial charge in [0.15, 0.2) is 18.1 Å². The lowest BCUT2D eigenvalue weighted by atomic mass is 10.1. The smallest absolute Gasteiger partial charge is 0.293 e. The summed E-state index contributed by atoms with van der Waals surface area (Å²) in [4.78, 5) is 39.1. The number of anilines is 1. The first-order chi connectivity index (χ1) is 18.2. The number of nitrogens with zero attached hydrogens (tertiary/aromatic N) is 1. The highest BCUT2D eigenvalue weighted by Crippen LogP contribution is 2.35. The van der Waals surface area contributed by atoms with Crippen molar-refractivity contribution in [3.63, 3.8) is 0 Å². The molecule has 3 aromatic carbocycles. The number of hydrogen-bond acceptors (Lipinski definition) is 6. The van der Waals surface area contributed by atoms with Gasteiger partial charge in [-0.25, -0.2) is 4.39 Å². The fourth-order valence-corrected chi connectivity index (χ4v) is 4.97. The second-order valence-corrected chi connectivity index (χ2v) is 10.3. The average molecular weight is 599 g/mol. The van der Waals surface area contributed by atoms with Crippen molar-refractivity contribution in [2.75, 3.05) is 19.0 Å². The van der Waals surface area contributed by atoms with Gasteiger partial charge < -0.3 is 14.8 Å². The Bertz CT molecular complexity index is 1440. The molecule has 4 rings (SSSR count). The van der Waals surface area contributed by atoms with Crippen LogP contribution >= 0.6 is 27.7 Å². The molecular formula is C28H24BrFN2O5S. The fraction of sp³-hybridized carbons (Fsp3) is 0.179. The maximum Gasteiger partial charge on any atom is 0.293 e. The van der Waals surface area contributed by atoms with Crippen molar-refractivity contribution in [2.24, 2.45) is 0 Å². The number of methoxy groups -OCH3 is 1. The Morgan fingerprint density at radius 3 is 2.50 bits per heavy atom. The van der Waals surface area contributed by atoms with Gasteiger partial charge >= 0.3 is 0 Å². The van der Waals surface area contributed by atoms with Crippen LogP contribution in [0.2, 0.25) is 0 Å². The molecule has 0 saturated carbocycles. The molecule has 7 nitrogen and oxygen atoms in total. The van der Waals surface area contributed by atoms with Crippen LogP contribution in [0.15, 0.2) is 64.0 Å². The van der Waals surface area contributed by atoms with Gasteiger partial charge in [-0.2, -0.15) is 0 Å². The van der Waals surface area contributed by atoms with Crippen LogP contribution in [0.4, 0.5) is 14.9 Å². The number of carbonyl (C=O) groups excluding carboxylic acids is 3. The molecule has 1 N–H and O–H groups in total. The Morgan fingerprint density at radius 1 is 1.05 bits per heavy atom. The molecule has 3 aromatic rings. The van der Waals surface area contributed by atoms with Crippen LogP contribution in [0, 0.1) is 19.7 Å². The molecule has 0 bridgehead atoms. The number of rotatable bonds is 8. The number of hydrogen-bond donors (Lipinski definition) is 1. The maximum atomic E-state index is 13.2. The number of benzene rings is 3. The lowest BCUT2D eigenvalue weighted by Crippen LogP contribution is -2.27. The predicted molar refractivity (Wildman–Crippen MR) is 149 cm³/mol. The first kappa shape index (κ1) is 27.4. The molecular weight excluding hydrogens is 575 g/mol. The van der Waals surface area contributed by atoms with E-state index in [2.05, 4.69) is 21.2 Å². The van der Waals surface area contributed by atoms with E-state index in [-0.39, 0.29) is 29.8 Å². The summed E-state index contributed by atoms with van der Waals surface area (Å²) in [7, 11) is 1.47. The van der Waals surface area contributed by atoms with E-state index in [0.29, 0.717) is 28.3 Å². The number of amides is 3. The van der Waals surface area contributed by atoms with Gasteiger partial charge in [0.1, 0.15) is 5.82 Å². The molecule has 1 fully saturated rings. The van der Waals surface area contributed by atoms with Gasteiger partial charge in [0.25, 0.3) is 17.1 Å². The SMILES string of the molecule is COc1cc(/C=C2\SC(=O)N(Cc3ccc(F)cc3)C2=O)ccc1OCC(=O)Nc1ccc(Br)c(C)c1C. The molecule has 1 aliphatic heterocycles. The van der Waals surface area contributed by atoms with E-state index >= 15 is 0 Å². The fourth-order valence-electron chi connectivity index (χ4n) is 3.71. The molecule has 1 aliphatic rings. The summed E-state index contributed by atoms with van der Waals surface area (Å²) < 4.78 is 25.2. The van der Waals surface area contributed by atoms with Crippen molar-refractivity contribution in [1.82, 2.24) is 4.90 Å². The Hall–Kier alpha value is -3.63. The summed E-state index contributed by atoms with van der Waals surface area (Å²) in [6.07, 6.45) is 1.59. The van der Waals surface area contributed by atoms with Gasteiger partial charge in [0, 0.05) is 10.2 Å². The van der Waals surface area contributed by atoms with Crippen molar-refractivity contribution >= 4 is 56.5 Å². The number of ether oxygens (including phenoxy) is 2. The normalized spacial score (nSPS) is 14.2. The highest BCUT2D eigenvalue weighted by atomic mass is 79.9. The third-order valence-corrected chi connectivity index (χ3v) is 7.73. The van der Waals surface area contributed by atoms with Crippen LogP contribution in [0.3, 0.4) is 0 Å². The molecule has 0 unspecified atom stereocenters. The molecule has 0 aromatic heterocycles. The molecule has 0 aliphatic carbocycles. The molecule has 0 spiro atoms. The van der Waals surface area contributed by atoms with E-state index in [9.17, 15) is 18.8 Å². The second kappa shape index (κ2) is 11.8. The molecule has 0 radical (unpaired) electrons. The highest BCUT2D eigenvalue weighted by Gasteiger charge is 2.35. The molecule has 1 heterocycles. The van der Waals surface area contributed by atoms with Gasteiger partial charge in [-0.3, -0.25) is 19.3 Å². The van der Waals surface area contributed by atoms with Gasteiger partial charge in [-0.05, 0) is 90.3 Å². The summed E-state index contributed by atoms with van der Waals surface area (Å²) in [5.41, 5.74) is 3.96. The summed E-state index contributed by atoms with van der Waals surface area (Å²) >= 11 is 4.31. The monoisotopic (exact) mass is 598 g/mol. The molecule has 10 heteroatoms. The predicted octanol–water partition coefficient (Wildman–Crippen LogP) is 6.47. The van der Waals surface area contributed by atoms with Crippen molar-refractivity contribution in [3.8, 4) is 11.5 Å². The van der Waals surface area contributed by atoms with E-state index < -0.39 is 11.1 Å². The Kier molecular flexibility index (Phi) is 8.53. The van der Waals surface area contributed by atoms with Crippen LogP contribution in [0.1, 0.15) is 22.3 Å². The number of carbonyl (C=O) groups is 3. The number of thioether (sulfide) groups is 1. The van der Waals surface area contributed by atoms with Crippen LogP contribution in [-0.2, 0) is 16.1 Å². The van der Waals surface area contributed by atoms with Crippen molar-refractivity contribution in [3.05, 3.63) is 92.0 Å². The number of nitrogens with one attached hydrogen (secondary N) is 1. The van der Waals surface area contributed by atoms with Gasteiger partial charge in [-0.1, -0.05) is 34.1 Å². The first-order valence-electron chi connectivity index (χ1n) is 11.5. The summed E-state index contributed by atoms with van der Waals surface area (Å²) in [6.45, 7) is 3.71. The minimum Gasteiger partial charge on any atom is -0.493 e. The van der Waals surface area contributed by atoms with Gasteiger partial charge in [-0.15, -0.1) is 0 Å². The van der Waals surface area contributed by atoms with Crippen LogP contribution < -0.4 is 14.8 Å². The zero-order chi connectivity index (χ0) is 27.4. The lowest BCUT2D eigenvalue weighted by molar-refractivity contribution is -0.123. The summed E-state index contributed by atoms with van der Waals surface area (Å²) in [5.74, 6) is -0.421. The zero-order valence-electron chi connectivity index (χ0n) is 20.8. The van der Waals surface area contributed by atoms with Crippen molar-refractivity contribution in [1.29, 1.82) is 0 Å². The third-order valence-electron chi connectivity index (χ3n) is 5.97. The van der Waals surface area contributed by atoms with E-state index in [0.717, 1.165) is 32.3 Å². The minimum absolute atomic E-state index is 0.0554. The maximum absolute atomic E-state index is 13.2. The lowest BCUT2D eigenvalue weighted by Gasteiger charge is -2.14. The second-order valence-electron chi connectivity index (χ2n) is 8.49. The first-order valence-corrected chi connectivity index (χ1v) is 13.1. The quantitative estimate of drug-likeness (QED) is 0.299. The third kappa shape index (κ3) is 6.25. The molecule has 38 heavy (non-hydrogen) atoms. The van der Waals surface area contributed by atoms with Crippen LogP contribution in [0.25, 0.3) is 6.08 Å². The summed E-state index contributed by atoms with van der Waals surface area (Å²) in [5, 5.41) is 2.45. The summed E-state index contributed by atoms with van der Waals surface area (Å²) in [6, 6.07) is 14.3. The average Bonchev–Trinajstić information content (AvgIpc) is 3.16. The van der Waals surface area contributed by atoms with E-state index in [4.69, 9.17) is 9.47 Å². The largest absolute Gasteiger partial charge is 0.493 e. The molecule has 1 saturated heterocycles. The molecule has 3 amide bonds. The standard InChI is InChI=1S/C28H24BrFN2O5S/c1-16-17(2)22(10-9-21(16)29)31-26(33)15-37-23-11-6-19(12-24(23)36-3)13-25-27(34)32(28(35)38-25)14-18-4-7-20(30)8-5-18/h4-13H,14-15H2,1-3H3,(H,31,33)/b25-13-. The van der Waals surface area contributed by atoms with E-state index in [1.54, 1.807) is 24.3 Å². The minimum atomic E-state index is -0.432. The molecule has 0 atom stereocenters. The van der Waals surface area contributed by atoms with Gasteiger partial charge in [0.2, 0.25) is 0 Å². The van der Waals surface area contributed by atoms with Crippen molar-refractivity contribution in [2.45, 2.75) is 20.4 Å². The van der Waals surface area contributed by atoms with E-state index in [1.165, 1.54) is 31.4 Å². The number of halogens is 2. The van der Waals surface area contributed by atoms with Gasteiger partial charge in [0.05, 0.1) is 18.6 Å². The number of imide groups is 1. The highest BCUT2D eigenvalue weighted by molar-refractivity contribution is 9.10. The Labute approximate surface area is 232 Å². The molecule has 196 valence electrons. The van der Waals surface area contributed by atoms with Crippen LogP contribution in [-0.4, -0.2) is 35.7 Å².